The van der Waals surface area contributed by atoms with Crippen LogP contribution in [0.2, 0.25) is 0 Å². The highest BCUT2D eigenvalue weighted by Crippen LogP contribution is 2.06. The summed E-state index contributed by atoms with van der Waals surface area (Å²) in [6, 6.07) is 0. The molecule has 0 amide bonds. The van der Waals surface area contributed by atoms with Gasteiger partial charge in [-0.3, -0.25) is 9.55 Å². The Labute approximate surface area is 74.8 Å². The summed E-state index contributed by atoms with van der Waals surface area (Å²) in [4.78, 5) is 3.58. The summed E-state index contributed by atoms with van der Waals surface area (Å²) in [5, 5.41) is 2.64. The number of hydrogen-bond donors (Lipinski definition) is 3. The molecule has 0 aliphatic heterocycles. The summed E-state index contributed by atoms with van der Waals surface area (Å²) in [6.45, 7) is 0.341. The number of hydrogen-bond acceptors (Lipinski definition) is 4. The normalized spacial score (nSPS) is 13.0. The average Bonchev–Trinajstić information content (AvgIpc) is 1.96. The van der Waals surface area contributed by atoms with Crippen molar-refractivity contribution >= 4 is 25.9 Å². The standard InChI is InChI=1S/C4H11N3O3S2/c1-6-4(5)7-2-3-11-12(8,9)10/h2-3H2,1H3,(H3,5,6,7)(H,8,9,10). The average molecular weight is 213 g/mol. The van der Waals surface area contributed by atoms with Gasteiger partial charge in [0.05, 0.1) is 0 Å². The van der Waals surface area contributed by atoms with Crippen LogP contribution in [0.25, 0.3) is 0 Å². The molecular weight excluding hydrogens is 202 g/mol. The second kappa shape index (κ2) is 5.22. The van der Waals surface area contributed by atoms with E-state index in [2.05, 4.69) is 10.3 Å². The topological polar surface area (TPSA) is 105 Å². The van der Waals surface area contributed by atoms with Gasteiger partial charge in [0, 0.05) is 19.3 Å². The first-order valence-electron chi connectivity index (χ1n) is 3.03. The van der Waals surface area contributed by atoms with E-state index in [0.29, 0.717) is 17.3 Å². The predicted molar refractivity (Wildman–Crippen MR) is 49.6 cm³/mol. The molecule has 72 valence electrons. The monoisotopic (exact) mass is 213 g/mol. The third-order valence-corrected chi connectivity index (χ3v) is 2.94. The van der Waals surface area contributed by atoms with E-state index in [1.807, 2.05) is 0 Å². The molecule has 0 fully saturated rings. The first-order chi connectivity index (χ1) is 5.45. The third-order valence-electron chi connectivity index (χ3n) is 0.881. The molecule has 0 saturated heterocycles. The number of rotatable bonds is 4. The summed E-state index contributed by atoms with van der Waals surface area (Å²) in [6.07, 6.45) is 0. The van der Waals surface area contributed by atoms with Crippen LogP contribution in [0, 0.1) is 0 Å². The predicted octanol–water partition coefficient (Wildman–Crippen LogP) is -0.943. The number of aliphatic imine (C=N–C) groups is 1. The Bertz CT molecular complexity index is 248. The van der Waals surface area contributed by atoms with Crippen molar-refractivity contribution in [2.75, 3.05) is 19.3 Å². The molecule has 0 rings (SSSR count). The number of guanidine groups is 1. The molecule has 0 unspecified atom stereocenters. The van der Waals surface area contributed by atoms with Crippen LogP contribution in [-0.2, 0) is 9.15 Å². The Kier molecular flexibility index (Phi) is 5.02. The molecule has 6 nitrogen and oxygen atoms in total. The summed E-state index contributed by atoms with van der Waals surface area (Å²) in [5.41, 5.74) is 5.24. The summed E-state index contributed by atoms with van der Waals surface area (Å²) >= 11 is 0. The van der Waals surface area contributed by atoms with Gasteiger partial charge < -0.3 is 11.1 Å². The highest BCUT2D eigenvalue weighted by molar-refractivity contribution is 8.69. The van der Waals surface area contributed by atoms with Crippen LogP contribution in [0.1, 0.15) is 0 Å². The highest BCUT2D eigenvalue weighted by Gasteiger charge is 2.03. The molecule has 0 spiro atoms. The lowest BCUT2D eigenvalue weighted by molar-refractivity contribution is 0.503. The third kappa shape index (κ3) is 7.63. The van der Waals surface area contributed by atoms with Gasteiger partial charge in [0.15, 0.2) is 5.96 Å². The van der Waals surface area contributed by atoms with E-state index >= 15 is 0 Å². The molecular formula is C4H11N3O3S2. The highest BCUT2D eigenvalue weighted by atomic mass is 33.1. The van der Waals surface area contributed by atoms with E-state index in [1.165, 1.54) is 7.05 Å². The van der Waals surface area contributed by atoms with Crippen molar-refractivity contribution in [1.29, 1.82) is 0 Å². The molecule has 0 aromatic rings. The molecule has 0 atom stereocenters. The molecule has 8 heteroatoms. The van der Waals surface area contributed by atoms with E-state index in [4.69, 9.17) is 10.3 Å². The second-order valence-corrected chi connectivity index (χ2v) is 5.26. The summed E-state index contributed by atoms with van der Waals surface area (Å²) in [5.74, 6) is 0.459. The molecule has 0 bridgehead atoms. The molecule has 0 aliphatic rings. The van der Waals surface area contributed by atoms with Crippen LogP contribution in [0.15, 0.2) is 4.99 Å². The Morgan fingerprint density at radius 1 is 1.75 bits per heavy atom. The van der Waals surface area contributed by atoms with Crippen LogP contribution in [-0.4, -0.2) is 38.3 Å². The smallest absolute Gasteiger partial charge is 0.319 e. The Balaban J connectivity index is 3.47. The molecule has 0 aromatic heterocycles. The van der Waals surface area contributed by atoms with E-state index in [9.17, 15) is 8.42 Å². The quantitative estimate of drug-likeness (QED) is 0.183. The zero-order valence-corrected chi connectivity index (χ0v) is 8.15. The van der Waals surface area contributed by atoms with E-state index in [1.54, 1.807) is 0 Å². The van der Waals surface area contributed by atoms with Crippen LogP contribution < -0.4 is 11.1 Å². The Morgan fingerprint density at radius 3 is 2.75 bits per heavy atom. The van der Waals surface area contributed by atoms with Crippen molar-refractivity contribution in [3.63, 3.8) is 0 Å². The van der Waals surface area contributed by atoms with Crippen molar-refractivity contribution in [2.24, 2.45) is 10.7 Å². The number of nitrogens with two attached hydrogens (primary N) is 1. The van der Waals surface area contributed by atoms with Crippen molar-refractivity contribution in [1.82, 2.24) is 5.32 Å². The maximum absolute atomic E-state index is 10.2. The molecule has 4 N–H and O–H groups in total. The Morgan fingerprint density at radius 2 is 2.33 bits per heavy atom. The minimum absolute atomic E-state index is 0.217. The molecule has 0 radical (unpaired) electrons. The number of nitrogens with one attached hydrogen (secondary N) is 1. The zero-order valence-electron chi connectivity index (χ0n) is 6.52. The van der Waals surface area contributed by atoms with E-state index in [0.717, 1.165) is 0 Å². The maximum atomic E-state index is 10.2. The molecule has 0 aliphatic carbocycles. The van der Waals surface area contributed by atoms with Crippen LogP contribution in [0.3, 0.4) is 0 Å². The van der Waals surface area contributed by atoms with Gasteiger partial charge in [-0.05, 0) is 10.8 Å². The summed E-state index contributed by atoms with van der Waals surface area (Å²) < 4.78 is 28.6. The molecule has 12 heavy (non-hydrogen) atoms. The van der Waals surface area contributed by atoms with Crippen LogP contribution >= 0.6 is 10.8 Å². The van der Waals surface area contributed by atoms with E-state index in [-0.39, 0.29) is 11.7 Å². The van der Waals surface area contributed by atoms with E-state index < -0.39 is 9.15 Å². The van der Waals surface area contributed by atoms with Gasteiger partial charge in [-0.2, -0.15) is 8.42 Å². The fraction of sp³-hybridized carbons (Fsp3) is 0.750. The fourth-order valence-corrected chi connectivity index (χ4v) is 1.68. The number of nitrogens with zero attached hydrogens (tertiary/aromatic N) is 1. The van der Waals surface area contributed by atoms with Gasteiger partial charge in [-0.15, -0.1) is 0 Å². The largest absolute Gasteiger partial charge is 0.370 e. The zero-order chi connectivity index (χ0) is 9.61. The fourth-order valence-electron chi connectivity index (χ4n) is 0.405. The lowest BCUT2D eigenvalue weighted by atomic mass is 10.7. The lowest BCUT2D eigenvalue weighted by Gasteiger charge is -2.01. The van der Waals surface area contributed by atoms with Crippen LogP contribution in [0.4, 0.5) is 0 Å². The van der Waals surface area contributed by atoms with Gasteiger partial charge in [-0.25, -0.2) is 0 Å². The first-order valence-corrected chi connectivity index (χ1v) is 5.98. The first kappa shape index (κ1) is 11.5. The van der Waals surface area contributed by atoms with Crippen molar-refractivity contribution < 1.29 is 13.0 Å². The lowest BCUT2D eigenvalue weighted by Crippen LogP contribution is -2.33. The SMILES string of the molecule is CN=C(N)NCCSS(=O)(=O)O. The van der Waals surface area contributed by atoms with Gasteiger partial charge in [0.1, 0.15) is 0 Å². The van der Waals surface area contributed by atoms with Gasteiger partial charge in [-0.1, -0.05) is 0 Å². The van der Waals surface area contributed by atoms with Crippen molar-refractivity contribution in [3.8, 4) is 0 Å². The minimum atomic E-state index is -3.93. The van der Waals surface area contributed by atoms with Crippen molar-refractivity contribution in [2.45, 2.75) is 0 Å². The second-order valence-electron chi connectivity index (χ2n) is 1.79. The van der Waals surface area contributed by atoms with Crippen LogP contribution in [0.5, 0.6) is 0 Å². The molecule has 0 saturated carbocycles. The van der Waals surface area contributed by atoms with Gasteiger partial charge in [0.25, 0.3) is 0 Å². The summed E-state index contributed by atoms with van der Waals surface area (Å²) in [7, 11) is -1.98. The maximum Gasteiger partial charge on any atom is 0.319 e. The molecule has 0 aromatic carbocycles. The van der Waals surface area contributed by atoms with Gasteiger partial charge in [0.2, 0.25) is 0 Å². The minimum Gasteiger partial charge on any atom is -0.370 e. The molecule has 0 heterocycles. The Hall–Kier alpha value is -0.470. The van der Waals surface area contributed by atoms with Crippen molar-refractivity contribution in [3.05, 3.63) is 0 Å². The van der Waals surface area contributed by atoms with Gasteiger partial charge >= 0.3 is 9.15 Å².